The molecule has 3 fully saturated rings. The van der Waals surface area contributed by atoms with E-state index in [-0.39, 0.29) is 93.8 Å². The van der Waals surface area contributed by atoms with E-state index in [0.717, 1.165) is 121 Å². The van der Waals surface area contributed by atoms with E-state index < -0.39 is 158 Å². The van der Waals surface area contributed by atoms with Crippen LogP contribution in [0.3, 0.4) is 0 Å². The molecule has 0 saturated carbocycles. The van der Waals surface area contributed by atoms with E-state index in [9.17, 15) is 104 Å². The summed E-state index contributed by atoms with van der Waals surface area (Å²) in [6.07, 6.45) is 3.25. The van der Waals surface area contributed by atoms with Gasteiger partial charge in [0.05, 0.1) is 28.6 Å². The molecule has 15 nitrogen and oxygen atoms in total. The fourth-order valence-corrected chi connectivity index (χ4v) is 12.0. The number of aryl methyl sites for hydroxylation is 2. The fourth-order valence-electron chi connectivity index (χ4n) is 12.0. The van der Waals surface area contributed by atoms with E-state index in [4.69, 9.17) is 0 Å². The predicted octanol–water partition coefficient (Wildman–Crippen LogP) is 18.5. The number of aliphatic hydroxyl groups excluding tert-OH is 1. The topological polar surface area (TPSA) is 193 Å². The third-order valence-corrected chi connectivity index (χ3v) is 18.5. The van der Waals surface area contributed by atoms with Crippen molar-refractivity contribution in [2.75, 3.05) is 60.5 Å². The molecule has 3 aliphatic heterocycles. The molecule has 0 aromatic heterocycles. The van der Waals surface area contributed by atoms with Gasteiger partial charge in [0.25, 0.3) is 35.4 Å². The lowest BCUT2D eigenvalue weighted by atomic mass is 9.96. The number of hydrogen-bond acceptors (Lipinski definition) is 9. The summed E-state index contributed by atoms with van der Waals surface area (Å²) in [5, 5.41) is 20.9. The maximum absolute atomic E-state index is 15.2. The molecule has 115 heavy (non-hydrogen) atoms. The lowest BCUT2D eigenvalue weighted by Gasteiger charge is -2.36. The highest BCUT2D eigenvalue weighted by Crippen LogP contribution is 2.43. The van der Waals surface area contributed by atoms with E-state index in [2.05, 4.69) is 39.7 Å². The molecular weight excluding hydrogens is 1550 g/mol. The van der Waals surface area contributed by atoms with Crippen molar-refractivity contribution in [2.45, 2.75) is 109 Å². The number of allylic oxidation sites excluding steroid dienone is 2. The lowest BCUT2D eigenvalue weighted by molar-refractivity contribution is -0.158. The SMILES string of the molecule is C=C(N1CCC(O)CC1)C(F)(F)c1cc(C(=O)Nc2ccc(F)c(F)c2)ccc1C.C=C(N1CCCCC1)C(F)(F)c1cc(C(=O)Nc2ccc(F)c(F)c2)ccc1F.C[C@H]1CCN(C(=O)C(F)(F)c2cc(C(=O)Nc3ccc(F)c(F)c3)ccc2F)C1.Cc1ccc(C(=O)Nc2ccc(F)c(F)c2)cc1C(F)(F)C(=O)NC(C)C. The normalized spacial score (nSPS) is 14.5. The van der Waals surface area contributed by atoms with E-state index >= 15 is 8.78 Å². The third kappa shape index (κ3) is 22.2. The van der Waals surface area contributed by atoms with Crippen molar-refractivity contribution in [1.82, 2.24) is 20.0 Å². The van der Waals surface area contributed by atoms with Crippen molar-refractivity contribution in [2.24, 2.45) is 5.92 Å². The monoisotopic (exact) mass is 1630 g/mol. The van der Waals surface area contributed by atoms with Crippen molar-refractivity contribution in [3.8, 4) is 0 Å². The van der Waals surface area contributed by atoms with Crippen molar-refractivity contribution in [1.29, 1.82) is 0 Å². The Balaban J connectivity index is 0.000000192. The molecular formula is C82H76F18N8O7. The number of alkyl halides is 8. The number of aliphatic hydroxyl groups is 1. The fraction of sp³-hybridized carbons (Fsp3) is 0.293. The van der Waals surface area contributed by atoms with Crippen molar-refractivity contribution < 1.29 is 113 Å². The summed E-state index contributed by atoms with van der Waals surface area (Å²) in [6, 6.07) is 22.4. The van der Waals surface area contributed by atoms with Crippen LogP contribution < -0.4 is 26.6 Å². The molecule has 8 aromatic carbocycles. The minimum Gasteiger partial charge on any atom is -0.393 e. The Labute approximate surface area is 648 Å². The van der Waals surface area contributed by atoms with Crippen LogP contribution >= 0.6 is 0 Å². The van der Waals surface area contributed by atoms with Crippen molar-refractivity contribution in [3.63, 3.8) is 0 Å². The van der Waals surface area contributed by atoms with E-state index in [1.165, 1.54) is 54.0 Å². The van der Waals surface area contributed by atoms with Gasteiger partial charge in [-0.15, -0.1) is 0 Å². The molecule has 6 N–H and O–H groups in total. The molecule has 6 amide bonds. The maximum atomic E-state index is 15.2. The van der Waals surface area contributed by atoms with Crippen LogP contribution in [0.1, 0.15) is 134 Å². The number of amides is 6. The van der Waals surface area contributed by atoms with Crippen LogP contribution in [0.25, 0.3) is 0 Å². The number of hydrogen-bond donors (Lipinski definition) is 6. The quantitative estimate of drug-likeness (QED) is 0.0428. The standard InChI is InChI=1S/C22H22F4N2O2.C21H19F5N2O.C20H17F5N2O2.C19H18F4N2O2/c1-13-3-4-15(21(30)27-16-5-6-19(23)20(24)12-16)11-18(13)22(25,26)14(2)28-9-7-17(29)8-10-28;1-13(28-9-3-2-4-10-28)21(25,26)16-11-14(5-7-17(16)22)20(29)27-15-6-8-18(23)19(24)12-15;1-11-6-7-27(10-11)19(29)20(24,25)14-8-12(2-4-15(14)21)18(28)26-13-3-5-16(22)17(23)9-13;1-10(2)24-18(27)19(22,23)14-8-12(5-4-11(14)3)17(26)25-13-6-7-15(20)16(21)9-13/h3-6,11-12,17,29H,2,7-10H2,1H3,(H,27,30);5-8,11-12H,1-4,9-10H2,(H,27,29);2-5,8-9,11H,6-7,10H2,1H3,(H,26,28);4-10H,1-3H3,(H,24,27)(H,25,26)/t;;11-;/m..0./s1. The van der Waals surface area contributed by atoms with Gasteiger partial charge in [-0.1, -0.05) is 32.2 Å². The summed E-state index contributed by atoms with van der Waals surface area (Å²) in [5.41, 5.74) is -4.71. The first-order valence-corrected chi connectivity index (χ1v) is 35.5. The van der Waals surface area contributed by atoms with Crippen LogP contribution in [0.2, 0.25) is 0 Å². The Hall–Kier alpha value is -11.6. The number of nitrogens with zero attached hydrogens (tertiary/aromatic N) is 3. The first kappa shape index (κ1) is 88.9. The van der Waals surface area contributed by atoms with Gasteiger partial charge in [-0.2, -0.15) is 35.1 Å². The summed E-state index contributed by atoms with van der Waals surface area (Å²) in [7, 11) is 0. The Bertz CT molecular complexity index is 4830. The maximum Gasteiger partial charge on any atom is 0.352 e. The number of carbonyl (C=O) groups is 6. The zero-order valence-corrected chi connectivity index (χ0v) is 62.0. The van der Waals surface area contributed by atoms with Crippen LogP contribution in [0.4, 0.5) is 102 Å². The highest BCUT2D eigenvalue weighted by Gasteiger charge is 2.48. The van der Waals surface area contributed by atoms with Crippen molar-refractivity contribution in [3.05, 3.63) is 284 Å². The molecule has 1 atom stereocenters. The van der Waals surface area contributed by atoms with Gasteiger partial charge in [0.1, 0.15) is 11.6 Å². The smallest absolute Gasteiger partial charge is 0.352 e. The van der Waals surface area contributed by atoms with Crippen LogP contribution in [0.15, 0.2) is 170 Å². The number of anilines is 4. The second-order valence-corrected chi connectivity index (χ2v) is 27.5. The summed E-state index contributed by atoms with van der Waals surface area (Å²) < 4.78 is 252. The van der Waals surface area contributed by atoms with E-state index in [0.29, 0.717) is 50.6 Å². The van der Waals surface area contributed by atoms with Gasteiger partial charge in [-0.05, 0) is 192 Å². The average molecular weight is 1630 g/mol. The second kappa shape index (κ2) is 37.5. The van der Waals surface area contributed by atoms with Gasteiger partial charge in [-0.3, -0.25) is 28.8 Å². The molecule has 0 spiro atoms. The largest absolute Gasteiger partial charge is 0.393 e. The second-order valence-electron chi connectivity index (χ2n) is 27.5. The Morgan fingerprint density at radius 2 is 0.687 bits per heavy atom. The number of nitrogens with one attached hydrogen (secondary N) is 5. The van der Waals surface area contributed by atoms with Gasteiger partial charge in [0, 0.05) is 126 Å². The summed E-state index contributed by atoms with van der Waals surface area (Å²) >= 11 is 0. The number of halogens is 18. The molecule has 8 aromatic rings. The highest BCUT2D eigenvalue weighted by molar-refractivity contribution is 6.07. The van der Waals surface area contributed by atoms with Crippen LogP contribution in [-0.4, -0.2) is 107 Å². The third-order valence-electron chi connectivity index (χ3n) is 18.5. The molecule has 0 bridgehead atoms. The number of piperidine rings is 2. The molecule has 3 saturated heterocycles. The van der Waals surface area contributed by atoms with E-state index in [1.807, 2.05) is 6.92 Å². The summed E-state index contributed by atoms with van der Waals surface area (Å²) in [6.45, 7) is 16.5. The molecule has 0 aliphatic carbocycles. The molecule has 33 heteroatoms. The molecule has 11 rings (SSSR count). The summed E-state index contributed by atoms with van der Waals surface area (Å²) in [4.78, 5) is 77.3. The number of likely N-dealkylation sites (tertiary alicyclic amines) is 3. The molecule has 3 heterocycles. The Morgan fingerprint density at radius 1 is 0.383 bits per heavy atom. The minimum absolute atomic E-state index is 0.00377. The van der Waals surface area contributed by atoms with Gasteiger partial charge < -0.3 is 46.4 Å². The number of carbonyl (C=O) groups excluding carboxylic acids is 6. The number of benzene rings is 8. The average Bonchev–Trinajstić information content (AvgIpc) is 1.64. The van der Waals surface area contributed by atoms with E-state index in [1.54, 1.807) is 13.8 Å². The van der Waals surface area contributed by atoms with Crippen LogP contribution in [0.5, 0.6) is 0 Å². The van der Waals surface area contributed by atoms with Gasteiger partial charge in [0.2, 0.25) is 0 Å². The van der Waals surface area contributed by atoms with Gasteiger partial charge >= 0.3 is 23.7 Å². The molecule has 3 aliphatic rings. The zero-order chi connectivity index (χ0) is 84.9. The predicted molar refractivity (Wildman–Crippen MR) is 392 cm³/mol. The first-order valence-electron chi connectivity index (χ1n) is 35.5. The highest BCUT2D eigenvalue weighted by atomic mass is 19.3. The Kier molecular flexibility index (Phi) is 29.0. The summed E-state index contributed by atoms with van der Waals surface area (Å²) in [5.74, 6) is -33.0. The molecule has 612 valence electrons. The van der Waals surface area contributed by atoms with Crippen LogP contribution in [-0.2, 0) is 33.3 Å². The van der Waals surface area contributed by atoms with Gasteiger partial charge in [0.15, 0.2) is 46.5 Å². The minimum atomic E-state index is -4.16. The number of rotatable bonds is 19. The first-order chi connectivity index (χ1) is 53.9. The van der Waals surface area contributed by atoms with Crippen molar-refractivity contribution >= 4 is 58.2 Å². The van der Waals surface area contributed by atoms with Gasteiger partial charge in [-0.25, -0.2) is 43.9 Å². The lowest BCUT2D eigenvalue weighted by Crippen LogP contribution is -2.42. The van der Waals surface area contributed by atoms with Crippen LogP contribution in [0, 0.1) is 77.9 Å². The molecule has 0 unspecified atom stereocenters. The molecule has 0 radical (unpaired) electrons. The Morgan fingerprint density at radius 3 is 1.03 bits per heavy atom. The zero-order valence-electron chi connectivity index (χ0n) is 62.0.